The van der Waals surface area contributed by atoms with Gasteiger partial charge in [-0.2, -0.15) is 0 Å². The lowest BCUT2D eigenvalue weighted by Gasteiger charge is -2.36. The maximum absolute atomic E-state index is 12.7. The van der Waals surface area contributed by atoms with Crippen LogP contribution in [-0.4, -0.2) is 73.7 Å². The van der Waals surface area contributed by atoms with Crippen molar-refractivity contribution < 1.29 is 14.3 Å². The van der Waals surface area contributed by atoms with Crippen LogP contribution < -0.4 is 9.47 Å². The number of methoxy groups -OCH3 is 1. The van der Waals surface area contributed by atoms with E-state index < -0.39 is 0 Å². The van der Waals surface area contributed by atoms with Gasteiger partial charge in [0.2, 0.25) is 0 Å². The maximum atomic E-state index is 12.7. The first-order chi connectivity index (χ1) is 21.1. The lowest BCUT2D eigenvalue weighted by Crippen LogP contribution is -2.51. The van der Waals surface area contributed by atoms with Crippen molar-refractivity contribution in [2.45, 2.75) is 13.0 Å². The van der Waals surface area contributed by atoms with Gasteiger partial charge in [-0.15, -0.1) is 0 Å². The van der Waals surface area contributed by atoms with E-state index in [9.17, 15) is 4.79 Å². The highest BCUT2D eigenvalue weighted by Crippen LogP contribution is 2.26. The Morgan fingerprint density at radius 1 is 0.767 bits per heavy atom. The molecule has 0 aromatic heterocycles. The molecular formula is C37H41N3O3. The summed E-state index contributed by atoms with van der Waals surface area (Å²) < 4.78 is 11.0. The third kappa shape index (κ3) is 8.34. The van der Waals surface area contributed by atoms with Crippen molar-refractivity contribution in [3.05, 3.63) is 138 Å². The molecule has 0 unspecified atom stereocenters. The summed E-state index contributed by atoms with van der Waals surface area (Å²) in [7, 11) is 1.70. The fourth-order valence-electron chi connectivity index (χ4n) is 5.46. The number of amides is 1. The van der Waals surface area contributed by atoms with Crippen molar-refractivity contribution in [3.8, 4) is 11.5 Å². The van der Waals surface area contributed by atoms with Gasteiger partial charge in [0.05, 0.1) is 7.11 Å². The zero-order valence-corrected chi connectivity index (χ0v) is 25.1. The number of rotatable bonds is 11. The lowest BCUT2D eigenvalue weighted by atomic mass is 9.97. The quantitative estimate of drug-likeness (QED) is 0.193. The van der Waals surface area contributed by atoms with E-state index in [1.54, 1.807) is 12.0 Å². The first kappa shape index (κ1) is 30.1. The second-order valence-corrected chi connectivity index (χ2v) is 10.8. The van der Waals surface area contributed by atoms with Crippen molar-refractivity contribution >= 4 is 11.7 Å². The molecule has 5 rings (SSSR count). The third-order valence-electron chi connectivity index (χ3n) is 8.13. The molecular weight excluding hydrogens is 534 g/mol. The van der Waals surface area contributed by atoms with Crippen LogP contribution >= 0.6 is 0 Å². The number of hydrogen-bond donors (Lipinski definition) is 0. The van der Waals surface area contributed by atoms with Crippen molar-refractivity contribution in [3.63, 3.8) is 0 Å². The van der Waals surface area contributed by atoms with E-state index in [0.717, 1.165) is 38.5 Å². The molecule has 1 amide bonds. The summed E-state index contributed by atoms with van der Waals surface area (Å²) >= 11 is 0. The predicted molar refractivity (Wildman–Crippen MR) is 173 cm³/mol. The van der Waals surface area contributed by atoms with E-state index >= 15 is 0 Å². The van der Waals surface area contributed by atoms with Gasteiger partial charge in [-0.05, 0) is 53.5 Å². The van der Waals surface area contributed by atoms with Crippen LogP contribution in [0.15, 0.2) is 121 Å². The smallest absolute Gasteiger partial charge is 0.415 e. The fourth-order valence-corrected chi connectivity index (χ4v) is 5.46. The minimum atomic E-state index is -0.278. The zero-order valence-electron chi connectivity index (χ0n) is 25.1. The maximum Gasteiger partial charge on any atom is 0.415 e. The average molecular weight is 576 g/mol. The van der Waals surface area contributed by atoms with Gasteiger partial charge in [0.1, 0.15) is 11.5 Å². The molecule has 4 aromatic rings. The van der Waals surface area contributed by atoms with E-state index in [4.69, 9.17) is 9.47 Å². The van der Waals surface area contributed by atoms with Crippen LogP contribution in [0, 0.1) is 0 Å². The summed E-state index contributed by atoms with van der Waals surface area (Å²) in [5.74, 6) is 1.44. The van der Waals surface area contributed by atoms with Crippen LogP contribution in [0.1, 0.15) is 29.7 Å². The molecule has 1 aliphatic heterocycles. The highest BCUT2D eigenvalue weighted by atomic mass is 16.6. The van der Waals surface area contributed by atoms with Gasteiger partial charge in [0.25, 0.3) is 0 Å². The number of benzene rings is 4. The van der Waals surface area contributed by atoms with Crippen molar-refractivity contribution in [1.82, 2.24) is 14.7 Å². The first-order valence-corrected chi connectivity index (χ1v) is 15.0. The number of piperazine rings is 1. The molecule has 1 heterocycles. The van der Waals surface area contributed by atoms with Crippen LogP contribution in [0.25, 0.3) is 5.57 Å². The topological polar surface area (TPSA) is 45.2 Å². The molecule has 0 aliphatic carbocycles. The molecule has 6 nitrogen and oxygen atoms in total. The summed E-state index contributed by atoms with van der Waals surface area (Å²) in [4.78, 5) is 19.5. The van der Waals surface area contributed by atoms with E-state index in [1.165, 1.54) is 22.3 Å². The molecule has 1 fully saturated rings. The number of hydrogen-bond acceptors (Lipinski definition) is 5. The number of nitrogens with zero attached hydrogens (tertiary/aromatic N) is 3. The standard InChI is InChI=1S/C37H41N3O3/c1-30(31-18-20-34(42-2)21-19-31)39(23-22-36(32-12-6-3-7-13-32)33-14-8-4-9-15-33)27-24-38-25-28-40(29-26-38)37(41)43-35-16-10-5-11-17-35/h3-22,30H,23-29H2,1-2H3/t30-/m1/s1. The summed E-state index contributed by atoms with van der Waals surface area (Å²) in [5.41, 5.74) is 4.91. The minimum Gasteiger partial charge on any atom is -0.497 e. The Hall–Kier alpha value is -4.39. The first-order valence-electron chi connectivity index (χ1n) is 15.0. The molecule has 222 valence electrons. The SMILES string of the molecule is COc1ccc([C@@H](C)N(CC=C(c2ccccc2)c2ccccc2)CCN2CCN(C(=O)Oc3ccccc3)CC2)cc1. The third-order valence-corrected chi connectivity index (χ3v) is 8.13. The van der Waals surface area contributed by atoms with Gasteiger partial charge in [-0.3, -0.25) is 9.80 Å². The van der Waals surface area contributed by atoms with Crippen molar-refractivity contribution in [1.29, 1.82) is 0 Å². The van der Waals surface area contributed by atoms with E-state index in [0.29, 0.717) is 18.8 Å². The van der Waals surface area contributed by atoms with E-state index in [1.807, 2.05) is 42.5 Å². The van der Waals surface area contributed by atoms with Crippen molar-refractivity contribution in [2.75, 3.05) is 52.9 Å². The average Bonchev–Trinajstić information content (AvgIpc) is 3.07. The molecule has 1 atom stereocenters. The van der Waals surface area contributed by atoms with Crippen LogP contribution in [0.2, 0.25) is 0 Å². The Balaban J connectivity index is 1.27. The van der Waals surface area contributed by atoms with Gasteiger partial charge in [-0.25, -0.2) is 4.79 Å². The highest BCUT2D eigenvalue weighted by Gasteiger charge is 2.24. The van der Waals surface area contributed by atoms with Gasteiger partial charge < -0.3 is 14.4 Å². The Morgan fingerprint density at radius 3 is 1.88 bits per heavy atom. The minimum absolute atomic E-state index is 0.206. The fraction of sp³-hybridized carbons (Fsp3) is 0.270. The molecule has 4 aromatic carbocycles. The molecule has 0 N–H and O–H groups in total. The van der Waals surface area contributed by atoms with Gasteiger partial charge in [0, 0.05) is 51.9 Å². The second kappa shape index (κ2) is 15.2. The molecule has 1 aliphatic rings. The van der Waals surface area contributed by atoms with Crippen LogP contribution in [-0.2, 0) is 0 Å². The largest absolute Gasteiger partial charge is 0.497 e. The predicted octanol–water partition coefficient (Wildman–Crippen LogP) is 7.01. The summed E-state index contributed by atoms with van der Waals surface area (Å²) in [6.45, 7) is 7.86. The van der Waals surface area contributed by atoms with E-state index in [2.05, 4.69) is 95.6 Å². The molecule has 43 heavy (non-hydrogen) atoms. The van der Waals surface area contributed by atoms with Crippen molar-refractivity contribution in [2.24, 2.45) is 0 Å². The van der Waals surface area contributed by atoms with Gasteiger partial charge >= 0.3 is 6.09 Å². The monoisotopic (exact) mass is 575 g/mol. The van der Waals surface area contributed by atoms with E-state index in [-0.39, 0.29) is 12.1 Å². The highest BCUT2D eigenvalue weighted by molar-refractivity contribution is 5.79. The molecule has 1 saturated heterocycles. The molecule has 0 radical (unpaired) electrons. The lowest BCUT2D eigenvalue weighted by molar-refractivity contribution is 0.101. The van der Waals surface area contributed by atoms with Crippen LogP contribution in [0.5, 0.6) is 11.5 Å². The molecule has 0 bridgehead atoms. The van der Waals surface area contributed by atoms with Crippen LogP contribution in [0.4, 0.5) is 4.79 Å². The number of para-hydroxylation sites is 1. The molecule has 6 heteroatoms. The zero-order chi connectivity index (χ0) is 29.9. The molecule has 0 saturated carbocycles. The van der Waals surface area contributed by atoms with Crippen LogP contribution in [0.3, 0.4) is 0 Å². The summed E-state index contributed by atoms with van der Waals surface area (Å²) in [5, 5.41) is 0. The Labute approximate surface area is 255 Å². The summed E-state index contributed by atoms with van der Waals surface area (Å²) in [6.07, 6.45) is 2.09. The second-order valence-electron chi connectivity index (χ2n) is 10.8. The molecule has 0 spiro atoms. The number of carbonyl (C=O) groups is 1. The number of carbonyl (C=O) groups excluding carboxylic acids is 1. The Morgan fingerprint density at radius 2 is 1.33 bits per heavy atom. The Bertz CT molecular complexity index is 1390. The Kier molecular flexibility index (Phi) is 10.6. The van der Waals surface area contributed by atoms with Gasteiger partial charge in [0.15, 0.2) is 0 Å². The summed E-state index contributed by atoms with van der Waals surface area (Å²) in [6, 6.07) is 39.1. The number of ether oxygens (including phenoxy) is 2. The normalized spacial score (nSPS) is 14.3. The van der Waals surface area contributed by atoms with Gasteiger partial charge in [-0.1, -0.05) is 97.1 Å².